The molecule has 0 aliphatic carbocycles. The smallest absolute Gasteiger partial charge is 0.275 e. The Morgan fingerprint density at radius 1 is 1.24 bits per heavy atom. The van der Waals surface area contributed by atoms with E-state index in [1.165, 1.54) is 35.7 Å². The number of hydrogen-bond acceptors (Lipinski definition) is 4. The zero-order chi connectivity index (χ0) is 17.4. The van der Waals surface area contributed by atoms with E-state index in [1.54, 1.807) is 28.8 Å². The third-order valence-electron chi connectivity index (χ3n) is 3.57. The van der Waals surface area contributed by atoms with Crippen molar-refractivity contribution in [1.29, 1.82) is 0 Å². The molecule has 0 fully saturated rings. The Balaban J connectivity index is 1.77. The molecule has 0 saturated heterocycles. The molecule has 3 aromatic heterocycles. The molecule has 0 atom stereocenters. The van der Waals surface area contributed by atoms with Gasteiger partial charge in [-0.2, -0.15) is 0 Å². The fourth-order valence-electron chi connectivity index (χ4n) is 2.41. The number of hydrogen-bond donors (Lipinski definition) is 1. The highest BCUT2D eigenvalue weighted by Crippen LogP contribution is 2.31. The van der Waals surface area contributed by atoms with Crippen molar-refractivity contribution in [1.82, 2.24) is 14.4 Å². The Morgan fingerprint density at radius 3 is 2.80 bits per heavy atom. The van der Waals surface area contributed by atoms with Gasteiger partial charge in [0.25, 0.3) is 5.91 Å². The summed E-state index contributed by atoms with van der Waals surface area (Å²) < 4.78 is 15.0. The number of rotatable bonds is 3. The summed E-state index contributed by atoms with van der Waals surface area (Å²) in [6.07, 6.45) is 3.27. The molecule has 0 bridgehead atoms. The van der Waals surface area contributed by atoms with Crippen molar-refractivity contribution in [3.63, 3.8) is 0 Å². The largest absolute Gasteiger partial charge is 0.304 e. The van der Waals surface area contributed by atoms with Crippen molar-refractivity contribution in [3.8, 4) is 11.3 Å². The number of thiazole rings is 1. The highest BCUT2D eigenvalue weighted by atomic mass is 35.5. The maximum absolute atomic E-state index is 13.2. The quantitative estimate of drug-likeness (QED) is 0.576. The van der Waals surface area contributed by atoms with E-state index >= 15 is 0 Å². The first-order chi connectivity index (χ1) is 12.1. The molecule has 0 aliphatic rings. The molecule has 124 valence electrons. The minimum absolute atomic E-state index is 0.197. The summed E-state index contributed by atoms with van der Waals surface area (Å²) in [5, 5.41) is 5.12. The van der Waals surface area contributed by atoms with Gasteiger partial charge in [0.05, 0.1) is 0 Å². The maximum Gasteiger partial charge on any atom is 0.275 e. The van der Waals surface area contributed by atoms with Gasteiger partial charge in [-0.05, 0) is 36.4 Å². The maximum atomic E-state index is 13.2. The van der Waals surface area contributed by atoms with Gasteiger partial charge >= 0.3 is 0 Å². The van der Waals surface area contributed by atoms with E-state index in [9.17, 15) is 9.18 Å². The van der Waals surface area contributed by atoms with E-state index in [2.05, 4.69) is 15.3 Å². The minimum Gasteiger partial charge on any atom is -0.304 e. The first-order valence-electron chi connectivity index (χ1n) is 7.26. The molecule has 0 saturated carbocycles. The summed E-state index contributed by atoms with van der Waals surface area (Å²) in [4.78, 5) is 21.8. The van der Waals surface area contributed by atoms with E-state index in [4.69, 9.17) is 11.6 Å². The molecular weight excluding hydrogens is 363 g/mol. The SMILES string of the molecule is O=C(Nc1c(-c2ccc(F)cc2)nc2sccn12)c1cc(Cl)ccn1. The molecule has 1 amide bonds. The lowest BCUT2D eigenvalue weighted by atomic mass is 10.1. The summed E-state index contributed by atoms with van der Waals surface area (Å²) >= 11 is 7.35. The van der Waals surface area contributed by atoms with Crippen molar-refractivity contribution in [2.45, 2.75) is 0 Å². The van der Waals surface area contributed by atoms with Gasteiger partial charge in [-0.3, -0.25) is 14.2 Å². The Labute approximate surface area is 150 Å². The molecule has 0 radical (unpaired) electrons. The first-order valence-corrected chi connectivity index (χ1v) is 8.52. The Morgan fingerprint density at radius 2 is 2.04 bits per heavy atom. The summed E-state index contributed by atoms with van der Waals surface area (Å²) in [6.45, 7) is 0. The molecule has 0 spiro atoms. The van der Waals surface area contributed by atoms with Crippen molar-refractivity contribution in [3.05, 3.63) is 70.7 Å². The molecule has 5 nitrogen and oxygen atoms in total. The van der Waals surface area contributed by atoms with E-state index in [-0.39, 0.29) is 11.5 Å². The standard InChI is InChI=1S/C17H10ClFN4OS/c18-11-5-6-20-13(9-11)16(24)22-15-14(10-1-3-12(19)4-2-10)21-17-23(15)7-8-25-17/h1-9H,(H,22,24). The number of carbonyl (C=O) groups excluding carboxylic acids is 1. The van der Waals surface area contributed by atoms with Crippen LogP contribution in [0.25, 0.3) is 16.2 Å². The van der Waals surface area contributed by atoms with Gasteiger partial charge in [-0.1, -0.05) is 11.6 Å². The molecule has 1 aromatic carbocycles. The predicted octanol–water partition coefficient (Wildman–Crippen LogP) is 4.50. The molecule has 0 unspecified atom stereocenters. The average Bonchev–Trinajstić information content (AvgIpc) is 3.18. The fourth-order valence-corrected chi connectivity index (χ4v) is 3.29. The van der Waals surface area contributed by atoms with Crippen LogP contribution in [0.15, 0.2) is 54.2 Å². The van der Waals surface area contributed by atoms with Crippen molar-refractivity contribution < 1.29 is 9.18 Å². The monoisotopic (exact) mass is 372 g/mol. The topological polar surface area (TPSA) is 59.3 Å². The number of fused-ring (bicyclic) bond motifs is 1. The summed E-state index contributed by atoms with van der Waals surface area (Å²) in [5.74, 6) is -0.244. The molecule has 8 heteroatoms. The summed E-state index contributed by atoms with van der Waals surface area (Å²) in [6, 6.07) is 9.03. The lowest BCUT2D eigenvalue weighted by Gasteiger charge is -2.07. The zero-order valence-electron chi connectivity index (χ0n) is 12.6. The number of aromatic nitrogens is 3. The van der Waals surface area contributed by atoms with Crippen LogP contribution >= 0.6 is 22.9 Å². The second-order valence-corrected chi connectivity index (χ2v) is 6.49. The van der Waals surface area contributed by atoms with Gasteiger partial charge in [0.1, 0.15) is 23.0 Å². The highest BCUT2D eigenvalue weighted by molar-refractivity contribution is 7.15. The second kappa shape index (κ2) is 6.27. The van der Waals surface area contributed by atoms with Crippen LogP contribution < -0.4 is 5.32 Å². The number of pyridine rings is 1. The molecule has 1 N–H and O–H groups in total. The van der Waals surface area contributed by atoms with E-state index in [0.29, 0.717) is 27.1 Å². The molecular formula is C17H10ClFN4OS. The van der Waals surface area contributed by atoms with Gasteiger partial charge in [0.2, 0.25) is 0 Å². The van der Waals surface area contributed by atoms with Crippen molar-refractivity contribution >= 4 is 39.6 Å². The highest BCUT2D eigenvalue weighted by Gasteiger charge is 2.18. The Hall–Kier alpha value is -2.77. The van der Waals surface area contributed by atoms with Gasteiger partial charge in [-0.15, -0.1) is 11.3 Å². The fraction of sp³-hybridized carbons (Fsp3) is 0. The molecule has 0 aliphatic heterocycles. The number of nitrogens with one attached hydrogen (secondary N) is 1. The van der Waals surface area contributed by atoms with Gasteiger partial charge < -0.3 is 5.32 Å². The molecule has 4 aromatic rings. The number of carbonyl (C=O) groups is 1. The predicted molar refractivity (Wildman–Crippen MR) is 95.7 cm³/mol. The summed E-state index contributed by atoms with van der Waals surface area (Å²) in [5.41, 5.74) is 1.46. The number of benzene rings is 1. The number of amides is 1. The molecule has 3 heterocycles. The van der Waals surface area contributed by atoms with Crippen LogP contribution in [0.5, 0.6) is 0 Å². The van der Waals surface area contributed by atoms with Gasteiger partial charge in [0, 0.05) is 28.4 Å². The van der Waals surface area contributed by atoms with Crippen LogP contribution in [0.1, 0.15) is 10.5 Å². The van der Waals surface area contributed by atoms with Gasteiger partial charge in [0.15, 0.2) is 4.96 Å². The average molecular weight is 373 g/mol. The van der Waals surface area contributed by atoms with E-state index in [0.717, 1.165) is 0 Å². The minimum atomic E-state index is -0.404. The van der Waals surface area contributed by atoms with Crippen LogP contribution in [0, 0.1) is 5.82 Å². The zero-order valence-corrected chi connectivity index (χ0v) is 14.2. The lowest BCUT2D eigenvalue weighted by Crippen LogP contribution is -2.15. The van der Waals surface area contributed by atoms with Crippen molar-refractivity contribution in [2.75, 3.05) is 5.32 Å². The van der Waals surface area contributed by atoms with Crippen LogP contribution in [0.3, 0.4) is 0 Å². The molecule has 4 rings (SSSR count). The lowest BCUT2D eigenvalue weighted by molar-refractivity contribution is 0.102. The number of imidazole rings is 1. The van der Waals surface area contributed by atoms with Gasteiger partial charge in [-0.25, -0.2) is 9.37 Å². The number of anilines is 1. The molecule has 25 heavy (non-hydrogen) atoms. The Kier molecular flexibility index (Phi) is 3.95. The van der Waals surface area contributed by atoms with Crippen LogP contribution in [-0.2, 0) is 0 Å². The van der Waals surface area contributed by atoms with E-state index in [1.807, 2.05) is 5.38 Å². The normalized spacial score (nSPS) is 11.0. The number of halogens is 2. The number of nitrogens with zero attached hydrogens (tertiary/aromatic N) is 3. The van der Waals surface area contributed by atoms with Crippen molar-refractivity contribution in [2.24, 2.45) is 0 Å². The Bertz CT molecular complexity index is 1070. The van der Waals surface area contributed by atoms with Crippen LogP contribution in [0.2, 0.25) is 5.02 Å². The van der Waals surface area contributed by atoms with Crippen LogP contribution in [0.4, 0.5) is 10.2 Å². The van der Waals surface area contributed by atoms with Crippen LogP contribution in [-0.4, -0.2) is 20.3 Å². The van der Waals surface area contributed by atoms with E-state index < -0.39 is 5.91 Å². The first kappa shape index (κ1) is 15.7. The third kappa shape index (κ3) is 2.99. The summed E-state index contributed by atoms with van der Waals surface area (Å²) in [7, 11) is 0. The third-order valence-corrected chi connectivity index (χ3v) is 4.56. The second-order valence-electron chi connectivity index (χ2n) is 5.18.